The fraction of sp³-hybridized carbons (Fsp3) is 1.00. The molecule has 0 aromatic carbocycles. The lowest BCUT2D eigenvalue weighted by Gasteiger charge is -2.42. The zero-order chi connectivity index (χ0) is 10.2. The molecule has 5 atom stereocenters. The Morgan fingerprint density at radius 1 is 1.08 bits per heavy atom. The van der Waals surface area contributed by atoms with E-state index in [0.29, 0.717) is 0 Å². The van der Waals surface area contributed by atoms with Gasteiger partial charge in [0.25, 0.3) is 0 Å². The van der Waals surface area contributed by atoms with Gasteiger partial charge in [0, 0.05) is 0 Å². The maximum Gasteiger partial charge on any atom is 0.182 e. The number of aliphatic hydroxyl groups excluding tert-OH is 3. The molecule has 1 aliphatic rings. The molecule has 1 fully saturated rings. The molecular weight excluding hydrogens is 174 g/mol. The molecule has 0 saturated carbocycles. The molecule has 0 radical (unpaired) electrons. The Hall–Kier alpha value is -0.200. The van der Waals surface area contributed by atoms with Crippen molar-refractivity contribution in [2.24, 2.45) is 0 Å². The van der Waals surface area contributed by atoms with Crippen molar-refractivity contribution in [3.63, 3.8) is 0 Å². The highest BCUT2D eigenvalue weighted by molar-refractivity contribution is 4.91. The van der Waals surface area contributed by atoms with Crippen LogP contribution in [0, 0.1) is 0 Å². The summed E-state index contributed by atoms with van der Waals surface area (Å²) < 4.78 is 4.92. The van der Waals surface area contributed by atoms with Gasteiger partial charge in [-0.1, -0.05) is 0 Å². The van der Waals surface area contributed by atoms with E-state index in [1.54, 1.807) is 25.9 Å². The van der Waals surface area contributed by atoms with Crippen LogP contribution in [0.2, 0.25) is 0 Å². The molecule has 1 heterocycles. The lowest BCUT2D eigenvalue weighted by molar-refractivity contribution is -0.263. The lowest BCUT2D eigenvalue weighted by atomic mass is 9.96. The minimum absolute atomic E-state index is 0.467. The van der Waals surface area contributed by atoms with Crippen molar-refractivity contribution in [2.75, 3.05) is 14.1 Å². The van der Waals surface area contributed by atoms with Crippen molar-refractivity contribution >= 4 is 0 Å². The van der Waals surface area contributed by atoms with Crippen LogP contribution in [0.1, 0.15) is 6.92 Å². The standard InChI is InChI=1S/C8H17NO4/c1-4-6(10)5(9(2)3)7(11)8(12)13-4/h4-8,10-12H,1-3H3/t4-,5+,6-,7-,8+/m1/s1. The average molecular weight is 191 g/mol. The quantitative estimate of drug-likeness (QED) is 0.464. The second kappa shape index (κ2) is 3.89. The van der Waals surface area contributed by atoms with Gasteiger partial charge >= 0.3 is 0 Å². The topological polar surface area (TPSA) is 73.2 Å². The summed E-state index contributed by atoms with van der Waals surface area (Å²) in [7, 11) is 3.48. The van der Waals surface area contributed by atoms with E-state index in [0.717, 1.165) is 0 Å². The van der Waals surface area contributed by atoms with Crippen molar-refractivity contribution in [2.45, 2.75) is 37.6 Å². The summed E-state index contributed by atoms with van der Waals surface area (Å²) in [6.07, 6.45) is -3.54. The Labute approximate surface area is 77.5 Å². The van der Waals surface area contributed by atoms with Gasteiger partial charge in [0.15, 0.2) is 6.29 Å². The lowest BCUT2D eigenvalue weighted by Crippen LogP contribution is -2.61. The summed E-state index contributed by atoms with van der Waals surface area (Å²) in [5.74, 6) is 0. The largest absolute Gasteiger partial charge is 0.389 e. The number of aliphatic hydroxyl groups is 3. The highest BCUT2D eigenvalue weighted by Crippen LogP contribution is 2.22. The van der Waals surface area contributed by atoms with E-state index in [-0.39, 0.29) is 0 Å². The van der Waals surface area contributed by atoms with E-state index < -0.39 is 30.6 Å². The monoisotopic (exact) mass is 191 g/mol. The van der Waals surface area contributed by atoms with Crippen LogP contribution in [0.3, 0.4) is 0 Å². The fourth-order valence-electron chi connectivity index (χ4n) is 1.64. The average Bonchev–Trinajstić information content (AvgIpc) is 2.01. The van der Waals surface area contributed by atoms with Crippen LogP contribution in [0.15, 0.2) is 0 Å². The Morgan fingerprint density at radius 2 is 1.62 bits per heavy atom. The Bertz CT molecular complexity index is 162. The van der Waals surface area contributed by atoms with Crippen LogP contribution in [0.4, 0.5) is 0 Å². The molecule has 3 N–H and O–H groups in total. The Kier molecular flexibility index (Phi) is 3.26. The maximum atomic E-state index is 9.66. The summed E-state index contributed by atoms with van der Waals surface area (Å²) in [4.78, 5) is 1.68. The molecule has 1 saturated heterocycles. The summed E-state index contributed by atoms with van der Waals surface area (Å²) in [6.45, 7) is 1.66. The molecular formula is C8H17NO4. The van der Waals surface area contributed by atoms with Crippen molar-refractivity contribution in [1.29, 1.82) is 0 Å². The molecule has 0 aromatic rings. The van der Waals surface area contributed by atoms with Gasteiger partial charge in [-0.2, -0.15) is 0 Å². The summed E-state index contributed by atoms with van der Waals surface area (Å²) in [6, 6.07) is -0.487. The zero-order valence-corrected chi connectivity index (χ0v) is 8.08. The molecule has 0 aromatic heterocycles. The minimum Gasteiger partial charge on any atom is -0.389 e. The summed E-state index contributed by atoms with van der Waals surface area (Å²) >= 11 is 0. The number of likely N-dealkylation sites (N-methyl/N-ethyl adjacent to an activating group) is 1. The van der Waals surface area contributed by atoms with Gasteiger partial charge in [-0.15, -0.1) is 0 Å². The van der Waals surface area contributed by atoms with E-state index in [1.165, 1.54) is 0 Å². The first-order chi connectivity index (χ1) is 5.95. The number of ether oxygens (including phenoxy) is 1. The van der Waals surface area contributed by atoms with Gasteiger partial charge in [0.2, 0.25) is 0 Å². The van der Waals surface area contributed by atoms with Crippen LogP contribution >= 0.6 is 0 Å². The molecule has 1 aliphatic heterocycles. The van der Waals surface area contributed by atoms with E-state index in [9.17, 15) is 15.3 Å². The first-order valence-electron chi connectivity index (χ1n) is 4.31. The predicted molar refractivity (Wildman–Crippen MR) is 46.0 cm³/mol. The highest BCUT2D eigenvalue weighted by atomic mass is 16.6. The highest BCUT2D eigenvalue weighted by Gasteiger charge is 2.42. The summed E-state index contributed by atoms with van der Waals surface area (Å²) in [5.41, 5.74) is 0. The molecule has 0 amide bonds. The van der Waals surface area contributed by atoms with Crippen molar-refractivity contribution < 1.29 is 20.1 Å². The molecule has 78 valence electrons. The maximum absolute atomic E-state index is 9.66. The molecule has 5 heteroatoms. The molecule has 0 bridgehead atoms. The number of nitrogens with zero attached hydrogens (tertiary/aromatic N) is 1. The van der Waals surface area contributed by atoms with Crippen molar-refractivity contribution in [3.05, 3.63) is 0 Å². The van der Waals surface area contributed by atoms with Crippen LogP contribution in [-0.4, -0.2) is 65.0 Å². The van der Waals surface area contributed by atoms with Gasteiger partial charge in [0.1, 0.15) is 6.10 Å². The predicted octanol–water partition coefficient (Wildman–Crippen LogP) is -1.62. The van der Waals surface area contributed by atoms with E-state index in [2.05, 4.69) is 0 Å². The van der Waals surface area contributed by atoms with Crippen molar-refractivity contribution in [1.82, 2.24) is 4.90 Å². The fourth-order valence-corrected chi connectivity index (χ4v) is 1.64. The van der Waals surface area contributed by atoms with Crippen LogP contribution in [-0.2, 0) is 4.74 Å². The second-order valence-corrected chi connectivity index (χ2v) is 3.67. The number of rotatable bonds is 1. The molecule has 5 nitrogen and oxygen atoms in total. The third-order valence-electron chi connectivity index (χ3n) is 2.42. The third kappa shape index (κ3) is 2.00. The smallest absolute Gasteiger partial charge is 0.182 e. The third-order valence-corrected chi connectivity index (χ3v) is 2.42. The SMILES string of the molecule is C[C@H]1O[C@H](O)[C@H](O)[C@@H](N(C)C)[C@@H]1O. The molecule has 0 spiro atoms. The van der Waals surface area contributed by atoms with Crippen molar-refractivity contribution in [3.8, 4) is 0 Å². The van der Waals surface area contributed by atoms with E-state index >= 15 is 0 Å². The normalized spacial score (nSPS) is 46.8. The van der Waals surface area contributed by atoms with E-state index in [4.69, 9.17) is 4.74 Å². The van der Waals surface area contributed by atoms with E-state index in [1.807, 2.05) is 0 Å². The Balaban J connectivity index is 2.76. The minimum atomic E-state index is -1.22. The van der Waals surface area contributed by atoms with Gasteiger partial charge < -0.3 is 25.0 Å². The van der Waals surface area contributed by atoms with Gasteiger partial charge in [-0.25, -0.2) is 0 Å². The van der Waals surface area contributed by atoms with Crippen LogP contribution < -0.4 is 0 Å². The summed E-state index contributed by atoms with van der Waals surface area (Å²) in [5, 5.41) is 28.5. The molecule has 13 heavy (non-hydrogen) atoms. The van der Waals surface area contributed by atoms with Crippen LogP contribution in [0.5, 0.6) is 0 Å². The molecule has 0 aliphatic carbocycles. The number of hydrogen-bond donors (Lipinski definition) is 3. The van der Waals surface area contributed by atoms with Gasteiger partial charge in [-0.05, 0) is 21.0 Å². The first kappa shape index (κ1) is 10.9. The zero-order valence-electron chi connectivity index (χ0n) is 8.08. The Morgan fingerprint density at radius 3 is 2.08 bits per heavy atom. The first-order valence-corrected chi connectivity index (χ1v) is 4.31. The second-order valence-electron chi connectivity index (χ2n) is 3.67. The van der Waals surface area contributed by atoms with Gasteiger partial charge in [0.05, 0.1) is 18.2 Å². The number of hydrogen-bond acceptors (Lipinski definition) is 5. The van der Waals surface area contributed by atoms with Gasteiger partial charge in [-0.3, -0.25) is 0 Å². The molecule has 0 unspecified atom stereocenters. The molecule has 1 rings (SSSR count). The van der Waals surface area contributed by atoms with Crippen LogP contribution in [0.25, 0.3) is 0 Å².